The molecule has 2 aromatic rings. The second kappa shape index (κ2) is 4.16. The number of ether oxygens (including phenoxy) is 1. The molecule has 1 aliphatic carbocycles. The molecule has 0 N–H and O–H groups in total. The Morgan fingerprint density at radius 2 is 2.17 bits per heavy atom. The van der Waals surface area contributed by atoms with Crippen LogP contribution >= 0.6 is 0 Å². The van der Waals surface area contributed by atoms with Gasteiger partial charge in [0, 0.05) is 18.0 Å². The summed E-state index contributed by atoms with van der Waals surface area (Å²) in [5.41, 5.74) is 3.10. The first-order valence-electron chi connectivity index (χ1n) is 6.47. The van der Waals surface area contributed by atoms with Crippen LogP contribution in [0.5, 0.6) is 0 Å². The molecule has 1 aliphatic rings. The number of nitrogens with zero attached hydrogens (tertiary/aromatic N) is 1. The highest BCUT2D eigenvalue weighted by Gasteiger charge is 2.24. The molecule has 1 aromatic carbocycles. The van der Waals surface area contributed by atoms with E-state index in [1.54, 1.807) is 0 Å². The normalized spacial score (nSPS) is 15.0. The van der Waals surface area contributed by atoms with E-state index in [9.17, 15) is 4.79 Å². The van der Waals surface area contributed by atoms with Crippen molar-refractivity contribution >= 4 is 16.9 Å². The molecule has 1 saturated carbocycles. The molecule has 1 fully saturated rings. The monoisotopic (exact) mass is 243 g/mol. The lowest BCUT2D eigenvalue weighted by atomic mass is 10.1. The molecule has 1 heterocycles. The quantitative estimate of drug-likeness (QED) is 0.775. The van der Waals surface area contributed by atoms with Gasteiger partial charge < -0.3 is 9.30 Å². The number of carbonyl (C=O) groups excluding carboxylic acids is 1. The fraction of sp³-hybridized carbons (Fsp3) is 0.400. The summed E-state index contributed by atoms with van der Waals surface area (Å²) in [6, 6.07) is 8.41. The number of aryl methyl sites for hydroxylation is 1. The van der Waals surface area contributed by atoms with Crippen LogP contribution in [0.1, 0.15) is 41.7 Å². The number of carbonyl (C=O) groups is 1. The van der Waals surface area contributed by atoms with Gasteiger partial charge in [0.05, 0.1) is 6.61 Å². The summed E-state index contributed by atoms with van der Waals surface area (Å²) in [5.74, 6) is 0.491. The fourth-order valence-corrected chi connectivity index (χ4v) is 2.44. The second-order valence-electron chi connectivity index (χ2n) is 4.90. The third-order valence-corrected chi connectivity index (χ3v) is 3.60. The molecule has 3 nitrogen and oxygen atoms in total. The van der Waals surface area contributed by atoms with Gasteiger partial charge in [0.1, 0.15) is 5.69 Å². The molecule has 0 spiro atoms. The third kappa shape index (κ3) is 1.80. The van der Waals surface area contributed by atoms with E-state index in [0.29, 0.717) is 12.3 Å². The van der Waals surface area contributed by atoms with Crippen LogP contribution in [0.15, 0.2) is 24.3 Å². The van der Waals surface area contributed by atoms with E-state index in [-0.39, 0.29) is 5.97 Å². The van der Waals surface area contributed by atoms with Crippen molar-refractivity contribution in [2.75, 3.05) is 6.61 Å². The molecule has 1 aromatic heterocycles. The summed E-state index contributed by atoms with van der Waals surface area (Å²) in [6.07, 6.45) is 2.59. The first kappa shape index (κ1) is 11.3. The number of aromatic nitrogens is 1. The standard InChI is InChI=1S/C15H17NO2/c1-3-18-15(17)14-9-12-8-11(10-4-5-10)6-7-13(12)16(14)2/h6-10H,3-5H2,1-2H3. The predicted octanol–water partition coefficient (Wildman–Crippen LogP) is 3.23. The van der Waals surface area contributed by atoms with Crippen molar-refractivity contribution in [3.63, 3.8) is 0 Å². The lowest BCUT2D eigenvalue weighted by Crippen LogP contribution is -2.09. The van der Waals surface area contributed by atoms with Crippen LogP contribution < -0.4 is 0 Å². The fourth-order valence-electron chi connectivity index (χ4n) is 2.44. The van der Waals surface area contributed by atoms with Crippen molar-refractivity contribution in [1.82, 2.24) is 4.57 Å². The molecule has 0 atom stereocenters. The van der Waals surface area contributed by atoms with Crippen molar-refractivity contribution in [3.05, 3.63) is 35.5 Å². The Morgan fingerprint density at radius 3 is 2.83 bits per heavy atom. The Balaban J connectivity index is 2.06. The zero-order valence-electron chi connectivity index (χ0n) is 10.8. The van der Waals surface area contributed by atoms with Gasteiger partial charge in [-0.1, -0.05) is 6.07 Å². The van der Waals surface area contributed by atoms with E-state index >= 15 is 0 Å². The number of fused-ring (bicyclic) bond motifs is 1. The molecule has 0 bridgehead atoms. The zero-order chi connectivity index (χ0) is 12.7. The summed E-state index contributed by atoms with van der Waals surface area (Å²) >= 11 is 0. The Hall–Kier alpha value is -1.77. The number of hydrogen-bond acceptors (Lipinski definition) is 2. The van der Waals surface area contributed by atoms with Gasteiger partial charge in [0.15, 0.2) is 0 Å². The summed E-state index contributed by atoms with van der Waals surface area (Å²) < 4.78 is 6.98. The highest BCUT2D eigenvalue weighted by molar-refractivity contribution is 5.95. The van der Waals surface area contributed by atoms with Gasteiger partial charge in [-0.3, -0.25) is 0 Å². The summed E-state index contributed by atoms with van der Waals surface area (Å²) in [7, 11) is 1.91. The maximum Gasteiger partial charge on any atom is 0.354 e. The van der Waals surface area contributed by atoms with Gasteiger partial charge in [-0.05, 0) is 49.4 Å². The molecular weight excluding hydrogens is 226 g/mol. The van der Waals surface area contributed by atoms with Gasteiger partial charge >= 0.3 is 5.97 Å². The smallest absolute Gasteiger partial charge is 0.354 e. The Bertz CT molecular complexity index is 608. The van der Waals surface area contributed by atoms with Crippen LogP contribution in [-0.4, -0.2) is 17.1 Å². The Kier molecular flexibility index (Phi) is 2.62. The second-order valence-corrected chi connectivity index (χ2v) is 4.90. The van der Waals surface area contributed by atoms with Gasteiger partial charge in [-0.2, -0.15) is 0 Å². The van der Waals surface area contributed by atoms with Crippen molar-refractivity contribution < 1.29 is 9.53 Å². The summed E-state index contributed by atoms with van der Waals surface area (Å²) in [4.78, 5) is 11.8. The molecule has 3 heteroatoms. The van der Waals surface area contributed by atoms with E-state index in [1.807, 2.05) is 24.6 Å². The molecule has 94 valence electrons. The molecule has 0 amide bonds. The van der Waals surface area contributed by atoms with Crippen LogP contribution in [0.2, 0.25) is 0 Å². The van der Waals surface area contributed by atoms with Crippen molar-refractivity contribution in [2.45, 2.75) is 25.7 Å². The zero-order valence-corrected chi connectivity index (χ0v) is 10.8. The number of esters is 1. The Labute approximate surface area is 106 Å². The molecule has 18 heavy (non-hydrogen) atoms. The van der Waals surface area contributed by atoms with Crippen molar-refractivity contribution in [1.29, 1.82) is 0 Å². The molecule has 0 radical (unpaired) electrons. The highest BCUT2D eigenvalue weighted by Crippen LogP contribution is 2.41. The van der Waals surface area contributed by atoms with Crippen LogP contribution in [0.25, 0.3) is 10.9 Å². The largest absolute Gasteiger partial charge is 0.461 e. The van der Waals surface area contributed by atoms with Crippen molar-refractivity contribution in [3.8, 4) is 0 Å². The van der Waals surface area contributed by atoms with Crippen LogP contribution in [0, 0.1) is 0 Å². The average molecular weight is 243 g/mol. The average Bonchev–Trinajstić information content (AvgIpc) is 3.15. The SMILES string of the molecule is CCOC(=O)c1cc2cc(C3CC3)ccc2n1C. The lowest BCUT2D eigenvalue weighted by Gasteiger charge is -2.03. The van der Waals surface area contributed by atoms with Crippen molar-refractivity contribution in [2.24, 2.45) is 7.05 Å². The predicted molar refractivity (Wildman–Crippen MR) is 70.9 cm³/mol. The van der Waals surface area contributed by atoms with E-state index in [0.717, 1.165) is 16.8 Å². The highest BCUT2D eigenvalue weighted by atomic mass is 16.5. The van der Waals surface area contributed by atoms with Gasteiger partial charge in [0.2, 0.25) is 0 Å². The lowest BCUT2D eigenvalue weighted by molar-refractivity contribution is 0.0516. The summed E-state index contributed by atoms with van der Waals surface area (Å²) in [6.45, 7) is 2.24. The van der Waals surface area contributed by atoms with E-state index in [2.05, 4.69) is 18.2 Å². The van der Waals surface area contributed by atoms with E-state index < -0.39 is 0 Å². The van der Waals surface area contributed by atoms with E-state index in [4.69, 9.17) is 4.74 Å². The molecule has 0 aliphatic heterocycles. The molecule has 3 rings (SSSR count). The minimum atomic E-state index is -0.246. The number of benzene rings is 1. The van der Waals surface area contributed by atoms with E-state index in [1.165, 1.54) is 18.4 Å². The first-order chi connectivity index (χ1) is 8.70. The first-order valence-corrected chi connectivity index (χ1v) is 6.47. The number of hydrogen-bond donors (Lipinski definition) is 0. The van der Waals surface area contributed by atoms with Gasteiger partial charge in [-0.25, -0.2) is 4.79 Å². The maximum atomic E-state index is 11.8. The van der Waals surface area contributed by atoms with Crippen LogP contribution in [0.4, 0.5) is 0 Å². The third-order valence-electron chi connectivity index (χ3n) is 3.60. The summed E-state index contributed by atoms with van der Waals surface area (Å²) in [5, 5.41) is 1.13. The maximum absolute atomic E-state index is 11.8. The van der Waals surface area contributed by atoms with Gasteiger partial charge in [0.25, 0.3) is 0 Å². The number of rotatable bonds is 3. The molecule has 0 unspecified atom stereocenters. The van der Waals surface area contributed by atoms with Crippen LogP contribution in [0.3, 0.4) is 0 Å². The Morgan fingerprint density at radius 1 is 1.39 bits per heavy atom. The topological polar surface area (TPSA) is 31.2 Å². The van der Waals surface area contributed by atoms with Crippen LogP contribution in [-0.2, 0) is 11.8 Å². The molecule has 0 saturated heterocycles. The minimum absolute atomic E-state index is 0.246. The minimum Gasteiger partial charge on any atom is -0.461 e. The van der Waals surface area contributed by atoms with Gasteiger partial charge in [-0.15, -0.1) is 0 Å². The molecular formula is C15H17NO2.